The number of nitrogens with zero attached hydrogens (tertiary/aromatic N) is 3. The molecule has 2 aromatic carbocycles. The summed E-state index contributed by atoms with van der Waals surface area (Å²) in [6.07, 6.45) is 5.88. The van der Waals surface area contributed by atoms with Crippen molar-refractivity contribution in [3.8, 4) is 23.2 Å². The average Bonchev–Trinajstić information content (AvgIpc) is 3.10. The number of aromatic hydroxyl groups is 2. The van der Waals surface area contributed by atoms with E-state index in [9.17, 15) is 10.2 Å². The highest BCUT2D eigenvalue weighted by atomic mass is 16.5. The van der Waals surface area contributed by atoms with E-state index in [0.717, 1.165) is 11.1 Å². The molecule has 0 unspecified atom stereocenters. The van der Waals surface area contributed by atoms with Crippen LogP contribution in [0, 0.1) is 0 Å². The van der Waals surface area contributed by atoms with E-state index in [-0.39, 0.29) is 11.6 Å². The van der Waals surface area contributed by atoms with Gasteiger partial charge in [-0.15, -0.1) is 0 Å². The maximum atomic E-state index is 10.9. The molecule has 0 bridgehead atoms. The van der Waals surface area contributed by atoms with E-state index in [2.05, 4.69) is 10.1 Å². The SMILES string of the molecule is COc1cc(C=Cc2nn(-c3ccccn3)c(O)c2Cc2ccccc2)ccc1O. The Bertz CT molecular complexity index is 1170. The smallest absolute Gasteiger partial charge is 0.219 e. The Balaban J connectivity index is 1.75. The van der Waals surface area contributed by atoms with Gasteiger partial charge < -0.3 is 14.9 Å². The molecule has 4 aromatic rings. The Morgan fingerprint density at radius 3 is 2.50 bits per heavy atom. The summed E-state index contributed by atoms with van der Waals surface area (Å²) in [6.45, 7) is 0. The number of phenolic OH excluding ortho intramolecular Hbond substituents is 1. The van der Waals surface area contributed by atoms with Gasteiger partial charge in [0.05, 0.1) is 12.8 Å². The Morgan fingerprint density at radius 2 is 1.77 bits per heavy atom. The second kappa shape index (κ2) is 8.53. The van der Waals surface area contributed by atoms with Gasteiger partial charge in [0, 0.05) is 18.2 Å². The number of ether oxygens (including phenoxy) is 1. The van der Waals surface area contributed by atoms with Gasteiger partial charge in [0.25, 0.3) is 0 Å². The third-order valence-electron chi connectivity index (χ3n) is 4.71. The van der Waals surface area contributed by atoms with Crippen LogP contribution in [0.2, 0.25) is 0 Å². The van der Waals surface area contributed by atoms with Gasteiger partial charge in [-0.3, -0.25) is 0 Å². The third-order valence-corrected chi connectivity index (χ3v) is 4.71. The van der Waals surface area contributed by atoms with E-state index in [4.69, 9.17) is 4.74 Å². The topological polar surface area (TPSA) is 80.4 Å². The fraction of sp³-hybridized carbons (Fsp3) is 0.0833. The first-order valence-corrected chi connectivity index (χ1v) is 9.47. The summed E-state index contributed by atoms with van der Waals surface area (Å²) in [7, 11) is 1.51. The Kier molecular flexibility index (Phi) is 5.48. The van der Waals surface area contributed by atoms with E-state index in [1.54, 1.807) is 30.5 Å². The van der Waals surface area contributed by atoms with Crippen molar-refractivity contribution in [1.29, 1.82) is 0 Å². The van der Waals surface area contributed by atoms with E-state index in [0.29, 0.717) is 29.2 Å². The first-order valence-electron chi connectivity index (χ1n) is 9.47. The summed E-state index contributed by atoms with van der Waals surface area (Å²) in [5.74, 6) is 1.07. The molecule has 0 aliphatic heterocycles. The largest absolute Gasteiger partial charge is 0.504 e. The molecule has 6 heteroatoms. The van der Waals surface area contributed by atoms with Crippen LogP contribution >= 0.6 is 0 Å². The molecule has 2 aromatic heterocycles. The number of benzene rings is 2. The van der Waals surface area contributed by atoms with E-state index < -0.39 is 0 Å². The maximum absolute atomic E-state index is 10.9. The van der Waals surface area contributed by atoms with Crippen molar-refractivity contribution in [3.05, 3.63) is 95.3 Å². The van der Waals surface area contributed by atoms with Crippen LogP contribution in [0.3, 0.4) is 0 Å². The lowest BCUT2D eigenvalue weighted by molar-refractivity contribution is 0.373. The molecule has 0 saturated heterocycles. The van der Waals surface area contributed by atoms with Crippen molar-refractivity contribution in [1.82, 2.24) is 14.8 Å². The summed E-state index contributed by atoms with van der Waals surface area (Å²) in [4.78, 5) is 4.29. The van der Waals surface area contributed by atoms with Crippen LogP contribution in [0.25, 0.3) is 18.0 Å². The number of methoxy groups -OCH3 is 1. The highest BCUT2D eigenvalue weighted by Crippen LogP contribution is 2.30. The molecule has 150 valence electrons. The van der Waals surface area contributed by atoms with E-state index in [1.807, 2.05) is 54.6 Å². The van der Waals surface area contributed by atoms with Crippen LogP contribution in [-0.4, -0.2) is 32.1 Å². The van der Waals surface area contributed by atoms with Crippen molar-refractivity contribution < 1.29 is 14.9 Å². The molecular formula is C24H21N3O3. The Labute approximate surface area is 174 Å². The Hall–Kier alpha value is -4.06. The zero-order chi connectivity index (χ0) is 20.9. The third kappa shape index (κ3) is 4.03. The van der Waals surface area contributed by atoms with Gasteiger partial charge in [0.15, 0.2) is 17.3 Å². The first-order chi connectivity index (χ1) is 14.7. The van der Waals surface area contributed by atoms with Crippen molar-refractivity contribution in [2.75, 3.05) is 7.11 Å². The molecular weight excluding hydrogens is 378 g/mol. The number of pyridine rings is 1. The van der Waals surface area contributed by atoms with Crippen molar-refractivity contribution in [3.63, 3.8) is 0 Å². The van der Waals surface area contributed by atoms with Crippen LogP contribution in [0.1, 0.15) is 22.4 Å². The van der Waals surface area contributed by atoms with Gasteiger partial charge in [0.2, 0.25) is 5.88 Å². The number of hydrogen-bond donors (Lipinski definition) is 2. The monoisotopic (exact) mass is 399 g/mol. The maximum Gasteiger partial charge on any atom is 0.219 e. The molecule has 4 rings (SSSR count). The van der Waals surface area contributed by atoms with E-state index in [1.165, 1.54) is 11.8 Å². The van der Waals surface area contributed by atoms with Gasteiger partial charge in [-0.25, -0.2) is 4.98 Å². The highest BCUT2D eigenvalue weighted by Gasteiger charge is 2.18. The van der Waals surface area contributed by atoms with Gasteiger partial charge in [-0.2, -0.15) is 9.78 Å². The molecule has 0 spiro atoms. The minimum absolute atomic E-state index is 0.0560. The molecule has 0 radical (unpaired) electrons. The van der Waals surface area contributed by atoms with Gasteiger partial charge in [-0.05, 0) is 41.5 Å². The number of phenols is 1. The number of hydrogen-bond acceptors (Lipinski definition) is 5. The summed E-state index contributed by atoms with van der Waals surface area (Å²) in [5, 5.41) is 25.3. The second-order valence-corrected chi connectivity index (χ2v) is 6.71. The number of rotatable bonds is 6. The summed E-state index contributed by atoms with van der Waals surface area (Å²) >= 11 is 0. The van der Waals surface area contributed by atoms with Crippen molar-refractivity contribution in [2.24, 2.45) is 0 Å². The first kappa shape index (κ1) is 19.3. The standard InChI is InChI=1S/C24H21N3O3/c1-30-22-16-18(11-13-21(22)28)10-12-20-19(15-17-7-3-2-4-8-17)24(29)27(26-20)23-9-5-6-14-25-23/h2-14,16,28-29H,15H2,1H3. The van der Waals surface area contributed by atoms with Gasteiger partial charge >= 0.3 is 0 Å². The molecule has 0 saturated carbocycles. The predicted octanol–water partition coefficient (Wildman–Crippen LogP) is 4.45. The second-order valence-electron chi connectivity index (χ2n) is 6.71. The van der Waals surface area contributed by atoms with Gasteiger partial charge in [0.1, 0.15) is 0 Å². The van der Waals surface area contributed by atoms with Crippen LogP contribution in [0.5, 0.6) is 17.4 Å². The lowest BCUT2D eigenvalue weighted by Crippen LogP contribution is -1.98. The van der Waals surface area contributed by atoms with Crippen molar-refractivity contribution in [2.45, 2.75) is 6.42 Å². The quantitative estimate of drug-likeness (QED) is 0.501. The molecule has 0 amide bonds. The van der Waals surface area contributed by atoms with Crippen LogP contribution in [0.15, 0.2) is 72.9 Å². The zero-order valence-corrected chi connectivity index (χ0v) is 16.4. The lowest BCUT2D eigenvalue weighted by atomic mass is 10.0. The van der Waals surface area contributed by atoms with Crippen molar-refractivity contribution >= 4 is 12.2 Å². The molecule has 6 nitrogen and oxygen atoms in total. The normalized spacial score (nSPS) is 11.1. The molecule has 0 atom stereocenters. The summed E-state index contributed by atoms with van der Waals surface area (Å²) in [6, 6.07) is 20.4. The fourth-order valence-corrected chi connectivity index (χ4v) is 3.17. The summed E-state index contributed by atoms with van der Waals surface area (Å²) < 4.78 is 6.61. The van der Waals surface area contributed by atoms with Crippen LogP contribution in [-0.2, 0) is 6.42 Å². The van der Waals surface area contributed by atoms with Gasteiger partial charge in [-0.1, -0.05) is 48.5 Å². The molecule has 30 heavy (non-hydrogen) atoms. The highest BCUT2D eigenvalue weighted by molar-refractivity contribution is 5.72. The summed E-state index contributed by atoms with van der Waals surface area (Å²) in [5.41, 5.74) is 3.24. The zero-order valence-electron chi connectivity index (χ0n) is 16.4. The molecule has 0 aliphatic carbocycles. The van der Waals surface area contributed by atoms with E-state index >= 15 is 0 Å². The lowest BCUT2D eigenvalue weighted by Gasteiger charge is -2.04. The molecule has 2 heterocycles. The molecule has 2 N–H and O–H groups in total. The van der Waals surface area contributed by atoms with Crippen LogP contribution < -0.4 is 4.74 Å². The molecule has 0 fully saturated rings. The predicted molar refractivity (Wildman–Crippen MR) is 116 cm³/mol. The van der Waals surface area contributed by atoms with Crippen LogP contribution in [0.4, 0.5) is 0 Å². The fourth-order valence-electron chi connectivity index (χ4n) is 3.17. The minimum atomic E-state index is 0.0560. The average molecular weight is 399 g/mol. The molecule has 0 aliphatic rings. The minimum Gasteiger partial charge on any atom is -0.504 e. The Morgan fingerprint density at radius 1 is 0.967 bits per heavy atom. The number of aromatic nitrogens is 3.